The third-order valence-corrected chi connectivity index (χ3v) is 10.5. The molecule has 1 aromatic carbocycles. The van der Waals surface area contributed by atoms with E-state index in [1.165, 1.54) is 12.0 Å². The first-order chi connectivity index (χ1) is 22.0. The molecule has 3 fully saturated rings. The summed E-state index contributed by atoms with van der Waals surface area (Å²) < 4.78 is 23.3. The maximum Gasteiger partial charge on any atom is 0.408 e. The summed E-state index contributed by atoms with van der Waals surface area (Å²) >= 11 is 0. The van der Waals surface area contributed by atoms with Crippen LogP contribution in [0.3, 0.4) is 0 Å². The highest BCUT2D eigenvalue weighted by atomic mass is 16.6. The van der Waals surface area contributed by atoms with Gasteiger partial charge in [0.05, 0.1) is 31.8 Å². The lowest BCUT2D eigenvalue weighted by atomic mass is 9.83. The Morgan fingerprint density at radius 1 is 1.04 bits per heavy atom. The summed E-state index contributed by atoms with van der Waals surface area (Å²) in [6.07, 6.45) is 8.69. The van der Waals surface area contributed by atoms with Gasteiger partial charge in [-0.15, -0.1) is 0 Å². The van der Waals surface area contributed by atoms with Crippen LogP contribution in [0.15, 0.2) is 24.3 Å². The number of rotatable bonds is 2. The molecule has 11 heteroatoms. The molecule has 1 N–H and O–H groups in total. The normalized spacial score (nSPS) is 32.3. The van der Waals surface area contributed by atoms with Crippen LogP contribution in [0.5, 0.6) is 11.6 Å². The second-order valence-corrected chi connectivity index (χ2v) is 14.4. The predicted molar refractivity (Wildman–Crippen MR) is 171 cm³/mol. The van der Waals surface area contributed by atoms with E-state index >= 15 is 0 Å². The standard InChI is InChI=1S/C35H46N4O7/c1-19-27-18-39(28(19)33(41)44-6)32(40)30(35(2,3)4)38-34(42)46-29-21-13-12-20(16-21)23(29)10-8-7-9-11-25-31(45-27)37-26-17-22(43-5)14-15-24(26)36-25/h9,11,14-15,17,19-21,23,27-30H,7-8,10,12-13,16,18H2,1-6H3,(H,38,42)/b11-9+/t19-,20-,21+,23-,27+,28+,29-,30-/m1/s1. The van der Waals surface area contributed by atoms with Crippen LogP contribution in [0.2, 0.25) is 0 Å². The Kier molecular flexibility index (Phi) is 8.87. The second-order valence-electron chi connectivity index (χ2n) is 14.4. The van der Waals surface area contributed by atoms with Crippen LogP contribution in [-0.4, -0.2) is 77.9 Å². The van der Waals surface area contributed by atoms with Crippen molar-refractivity contribution in [3.8, 4) is 11.6 Å². The number of esters is 1. The molecular weight excluding hydrogens is 588 g/mol. The average molecular weight is 635 g/mol. The Labute approximate surface area is 270 Å². The van der Waals surface area contributed by atoms with Crippen molar-refractivity contribution < 1.29 is 33.3 Å². The highest BCUT2D eigenvalue weighted by Crippen LogP contribution is 2.51. The summed E-state index contributed by atoms with van der Waals surface area (Å²) in [4.78, 5) is 52.2. The van der Waals surface area contributed by atoms with Crippen LogP contribution in [0, 0.1) is 29.1 Å². The summed E-state index contributed by atoms with van der Waals surface area (Å²) in [5, 5.41) is 2.91. The molecule has 3 heterocycles. The van der Waals surface area contributed by atoms with Gasteiger partial charge in [-0.25, -0.2) is 19.6 Å². The maximum absolute atomic E-state index is 14.4. The van der Waals surface area contributed by atoms with Crippen LogP contribution in [0.25, 0.3) is 17.1 Å². The molecule has 0 unspecified atom stereocenters. The van der Waals surface area contributed by atoms with Gasteiger partial charge in [-0.1, -0.05) is 33.8 Å². The first kappa shape index (κ1) is 32.1. The van der Waals surface area contributed by atoms with Crippen LogP contribution in [0.4, 0.5) is 4.79 Å². The zero-order chi connectivity index (χ0) is 32.7. The highest BCUT2D eigenvalue weighted by molar-refractivity contribution is 5.91. The van der Waals surface area contributed by atoms with Crippen LogP contribution in [0.1, 0.15) is 71.9 Å². The minimum absolute atomic E-state index is 0.0957. The van der Waals surface area contributed by atoms with E-state index in [9.17, 15) is 14.4 Å². The highest BCUT2D eigenvalue weighted by Gasteiger charge is 2.52. The van der Waals surface area contributed by atoms with E-state index < -0.39 is 47.5 Å². The number of nitrogens with one attached hydrogen (secondary N) is 1. The van der Waals surface area contributed by atoms with E-state index in [-0.39, 0.29) is 12.6 Å². The van der Waals surface area contributed by atoms with E-state index in [0.29, 0.717) is 46.1 Å². The van der Waals surface area contributed by atoms with Crippen molar-refractivity contribution in [3.63, 3.8) is 0 Å². The molecule has 248 valence electrons. The predicted octanol–water partition coefficient (Wildman–Crippen LogP) is 5.16. The number of benzene rings is 1. The molecule has 2 amide bonds. The number of methoxy groups -OCH3 is 2. The number of ether oxygens (including phenoxy) is 4. The summed E-state index contributed by atoms with van der Waals surface area (Å²) in [6, 6.07) is 3.64. The molecule has 2 saturated carbocycles. The van der Waals surface area contributed by atoms with Crippen molar-refractivity contribution in [1.82, 2.24) is 20.2 Å². The Morgan fingerprint density at radius 3 is 2.57 bits per heavy atom. The lowest BCUT2D eigenvalue weighted by molar-refractivity contribution is -0.153. The minimum atomic E-state index is -0.944. The third kappa shape index (κ3) is 6.12. The molecule has 0 spiro atoms. The molecule has 4 aliphatic rings. The van der Waals surface area contributed by atoms with Gasteiger partial charge in [0.1, 0.15) is 35.7 Å². The van der Waals surface area contributed by atoms with Crippen molar-refractivity contribution in [2.45, 2.75) is 90.5 Å². The molecule has 11 nitrogen and oxygen atoms in total. The summed E-state index contributed by atoms with van der Waals surface area (Å²) in [5.41, 5.74) is 1.21. The number of alkyl carbamates (subject to hydrolysis) is 1. The van der Waals surface area contributed by atoms with E-state index in [4.69, 9.17) is 28.9 Å². The quantitative estimate of drug-likeness (QED) is 0.446. The van der Waals surface area contributed by atoms with Gasteiger partial charge < -0.3 is 29.2 Å². The first-order valence-electron chi connectivity index (χ1n) is 16.5. The molecule has 4 bridgehead atoms. The molecule has 46 heavy (non-hydrogen) atoms. The fraction of sp³-hybridized carbons (Fsp3) is 0.629. The van der Waals surface area contributed by atoms with Crippen molar-refractivity contribution >= 4 is 35.1 Å². The van der Waals surface area contributed by atoms with Gasteiger partial charge in [0.15, 0.2) is 0 Å². The van der Waals surface area contributed by atoms with E-state index in [2.05, 4.69) is 11.4 Å². The first-order valence-corrected chi connectivity index (χ1v) is 16.5. The van der Waals surface area contributed by atoms with Gasteiger partial charge in [-0.2, -0.15) is 0 Å². The van der Waals surface area contributed by atoms with Crippen molar-refractivity contribution in [3.05, 3.63) is 30.0 Å². The summed E-state index contributed by atoms with van der Waals surface area (Å²) in [5.74, 6) is 0.761. The number of nitrogens with zero attached hydrogens (tertiary/aromatic N) is 3. The van der Waals surface area contributed by atoms with Crippen LogP contribution < -0.4 is 14.8 Å². The SMILES string of the molecule is COC(=O)[C@@H]1[C@H](C)[C@@H]2CN1C(=O)[C@H](C(C)(C)C)NC(=O)O[C@@H]1[C@H]3CC[C@H](C3)[C@H]1CCC/C=C/c1nc3ccc(OC)cc3nc1O2. The number of aromatic nitrogens is 2. The van der Waals surface area contributed by atoms with Crippen LogP contribution >= 0.6 is 0 Å². The van der Waals surface area contributed by atoms with Gasteiger partial charge in [0, 0.05) is 12.0 Å². The van der Waals surface area contributed by atoms with Crippen molar-refractivity contribution in [2.75, 3.05) is 20.8 Å². The monoisotopic (exact) mass is 634 g/mol. The fourth-order valence-corrected chi connectivity index (χ4v) is 7.99. The Balaban J connectivity index is 1.40. The largest absolute Gasteiger partial charge is 0.497 e. The fourth-order valence-electron chi connectivity index (χ4n) is 7.99. The number of carbonyl (C=O) groups is 3. The number of hydrogen-bond acceptors (Lipinski definition) is 9. The molecule has 2 aliphatic carbocycles. The number of amides is 2. The Morgan fingerprint density at radius 2 is 1.83 bits per heavy atom. The molecule has 8 atom stereocenters. The smallest absolute Gasteiger partial charge is 0.408 e. The molecule has 2 aliphatic heterocycles. The summed E-state index contributed by atoms with van der Waals surface area (Å²) in [6.45, 7) is 7.62. The van der Waals surface area contributed by atoms with Gasteiger partial charge in [0.25, 0.3) is 0 Å². The number of carbonyl (C=O) groups excluding carboxylic acids is 3. The topological polar surface area (TPSA) is 129 Å². The lowest BCUT2D eigenvalue weighted by Crippen LogP contribution is -2.57. The van der Waals surface area contributed by atoms with Gasteiger partial charge in [-0.3, -0.25) is 4.79 Å². The van der Waals surface area contributed by atoms with Crippen LogP contribution in [-0.2, 0) is 19.1 Å². The molecule has 6 rings (SSSR count). The molecule has 1 saturated heterocycles. The second kappa shape index (κ2) is 12.7. The van der Waals surface area contributed by atoms with Gasteiger partial charge in [0.2, 0.25) is 11.8 Å². The zero-order valence-corrected chi connectivity index (χ0v) is 27.7. The summed E-state index contributed by atoms with van der Waals surface area (Å²) in [7, 11) is 2.90. The minimum Gasteiger partial charge on any atom is -0.497 e. The number of fused-ring (bicyclic) bond motifs is 9. The van der Waals surface area contributed by atoms with E-state index in [1.807, 2.05) is 45.9 Å². The third-order valence-electron chi connectivity index (χ3n) is 10.5. The average Bonchev–Trinajstić information content (AvgIpc) is 3.72. The number of allylic oxidation sites excluding steroid dienone is 1. The Bertz CT molecular complexity index is 1520. The van der Waals surface area contributed by atoms with Crippen molar-refractivity contribution in [1.29, 1.82) is 0 Å². The molecular formula is C35H46N4O7. The Hall–Kier alpha value is -3.89. The van der Waals surface area contributed by atoms with E-state index in [0.717, 1.165) is 38.5 Å². The molecule has 1 aromatic heterocycles. The molecule has 0 radical (unpaired) electrons. The van der Waals surface area contributed by atoms with Gasteiger partial charge >= 0.3 is 12.1 Å². The maximum atomic E-state index is 14.4. The lowest BCUT2D eigenvalue weighted by Gasteiger charge is -2.36. The van der Waals surface area contributed by atoms with Crippen molar-refractivity contribution in [2.24, 2.45) is 29.1 Å². The van der Waals surface area contributed by atoms with E-state index in [1.54, 1.807) is 13.2 Å². The zero-order valence-electron chi connectivity index (χ0n) is 27.7. The molecule has 2 aromatic rings. The van der Waals surface area contributed by atoms with Gasteiger partial charge in [-0.05, 0) is 79.9 Å². The number of hydrogen-bond donors (Lipinski definition) is 1.